The van der Waals surface area contributed by atoms with Gasteiger partial charge in [-0.25, -0.2) is 9.59 Å². The molecule has 3 rings (SSSR count). The van der Waals surface area contributed by atoms with Gasteiger partial charge in [0.25, 0.3) is 0 Å². The van der Waals surface area contributed by atoms with Crippen LogP contribution in [0.5, 0.6) is 0 Å². The van der Waals surface area contributed by atoms with Crippen molar-refractivity contribution in [1.29, 1.82) is 0 Å². The van der Waals surface area contributed by atoms with Crippen LogP contribution in [0, 0.1) is 0 Å². The van der Waals surface area contributed by atoms with Crippen molar-refractivity contribution < 1.29 is 19.4 Å². The second kappa shape index (κ2) is 9.30. The number of nitrogens with zero attached hydrogens (tertiary/aromatic N) is 2. The number of piperazine rings is 1. The Balaban J connectivity index is 1.80. The predicted molar refractivity (Wildman–Crippen MR) is 116 cm³/mol. The van der Waals surface area contributed by atoms with Gasteiger partial charge in [0.2, 0.25) is 0 Å². The summed E-state index contributed by atoms with van der Waals surface area (Å²) in [4.78, 5) is 28.3. The maximum Gasteiger partial charge on any atom is 0.410 e. The Bertz CT molecular complexity index is 876. The number of carboxylic acids is 1. The smallest absolute Gasteiger partial charge is 0.410 e. The predicted octanol–water partition coefficient (Wildman–Crippen LogP) is 4.05. The van der Waals surface area contributed by atoms with Gasteiger partial charge in [0.15, 0.2) is 0 Å². The molecule has 1 amide bonds. The molecular weight excluding hydrogens is 380 g/mol. The van der Waals surface area contributed by atoms with E-state index in [2.05, 4.69) is 17.0 Å². The number of hydrogen-bond donors (Lipinski definition) is 1. The van der Waals surface area contributed by atoms with E-state index in [1.165, 1.54) is 5.56 Å². The molecule has 0 bridgehead atoms. The highest BCUT2D eigenvalue weighted by Crippen LogP contribution is 2.21. The van der Waals surface area contributed by atoms with E-state index in [-0.39, 0.29) is 12.1 Å². The summed E-state index contributed by atoms with van der Waals surface area (Å²) in [6, 6.07) is 17.3. The SMILES string of the molecule is CC(C)(C)OC(=O)N1CCN(Cc2ccccc2C(=O)O)C(Cc2ccccc2)C1. The molecule has 1 N–H and O–H groups in total. The van der Waals surface area contributed by atoms with Crippen LogP contribution in [0.1, 0.15) is 42.3 Å². The lowest BCUT2D eigenvalue weighted by Gasteiger charge is -2.42. The first-order valence-electron chi connectivity index (χ1n) is 10.3. The molecule has 1 unspecified atom stereocenters. The molecule has 6 heteroatoms. The second-order valence-corrected chi connectivity index (χ2v) is 8.70. The summed E-state index contributed by atoms with van der Waals surface area (Å²) >= 11 is 0. The Kier molecular flexibility index (Phi) is 6.77. The molecule has 1 saturated heterocycles. The van der Waals surface area contributed by atoms with Gasteiger partial charge in [-0.3, -0.25) is 4.90 Å². The Morgan fingerprint density at radius 2 is 1.70 bits per heavy atom. The quantitative estimate of drug-likeness (QED) is 0.805. The highest BCUT2D eigenvalue weighted by atomic mass is 16.6. The molecule has 30 heavy (non-hydrogen) atoms. The van der Waals surface area contributed by atoms with Crippen LogP contribution in [0.15, 0.2) is 54.6 Å². The molecule has 6 nitrogen and oxygen atoms in total. The monoisotopic (exact) mass is 410 g/mol. The van der Waals surface area contributed by atoms with Crippen molar-refractivity contribution in [2.75, 3.05) is 19.6 Å². The summed E-state index contributed by atoms with van der Waals surface area (Å²) in [6.45, 7) is 7.88. The number of hydrogen-bond acceptors (Lipinski definition) is 4. The van der Waals surface area contributed by atoms with Crippen LogP contribution in [-0.4, -0.2) is 58.2 Å². The van der Waals surface area contributed by atoms with Crippen molar-refractivity contribution in [3.05, 3.63) is 71.3 Å². The minimum absolute atomic E-state index is 0.0653. The molecule has 1 fully saturated rings. The van der Waals surface area contributed by atoms with Gasteiger partial charge in [-0.05, 0) is 44.4 Å². The van der Waals surface area contributed by atoms with Gasteiger partial charge in [0.05, 0.1) is 5.56 Å². The van der Waals surface area contributed by atoms with Gasteiger partial charge in [-0.1, -0.05) is 48.5 Å². The van der Waals surface area contributed by atoms with E-state index in [1.807, 2.05) is 51.1 Å². The summed E-state index contributed by atoms with van der Waals surface area (Å²) < 4.78 is 5.57. The molecule has 0 aliphatic carbocycles. The lowest BCUT2D eigenvalue weighted by molar-refractivity contribution is 0.00239. The van der Waals surface area contributed by atoms with E-state index in [4.69, 9.17) is 4.74 Å². The first-order valence-corrected chi connectivity index (χ1v) is 10.3. The first-order chi connectivity index (χ1) is 14.2. The standard InChI is InChI=1S/C24H30N2O4/c1-24(2,3)30-23(29)26-14-13-25(16-19-11-7-8-12-21(19)22(27)28)20(17-26)15-18-9-5-4-6-10-18/h4-12,20H,13-17H2,1-3H3,(H,27,28). The zero-order valence-corrected chi connectivity index (χ0v) is 17.9. The zero-order valence-electron chi connectivity index (χ0n) is 17.9. The molecule has 2 aromatic carbocycles. The van der Waals surface area contributed by atoms with Crippen molar-refractivity contribution in [1.82, 2.24) is 9.80 Å². The van der Waals surface area contributed by atoms with Gasteiger partial charge in [0, 0.05) is 32.2 Å². The first kappa shape index (κ1) is 21.8. The number of ether oxygens (including phenoxy) is 1. The van der Waals surface area contributed by atoms with Gasteiger partial charge in [0.1, 0.15) is 5.60 Å². The van der Waals surface area contributed by atoms with Crippen LogP contribution in [-0.2, 0) is 17.7 Å². The maximum absolute atomic E-state index is 12.6. The normalized spacial score (nSPS) is 17.6. The summed E-state index contributed by atoms with van der Waals surface area (Å²) in [6.07, 6.45) is 0.473. The lowest BCUT2D eigenvalue weighted by atomic mass is 10.00. The Hall–Kier alpha value is -2.86. The number of amides is 1. The van der Waals surface area contributed by atoms with Crippen LogP contribution in [0.2, 0.25) is 0 Å². The molecule has 1 aliphatic rings. The third kappa shape index (κ3) is 5.83. The lowest BCUT2D eigenvalue weighted by Crippen LogP contribution is -2.55. The second-order valence-electron chi connectivity index (χ2n) is 8.70. The molecule has 160 valence electrons. The van der Waals surface area contributed by atoms with Crippen molar-refractivity contribution >= 4 is 12.1 Å². The Morgan fingerprint density at radius 1 is 1.03 bits per heavy atom. The molecule has 1 atom stereocenters. The average molecular weight is 411 g/mol. The minimum Gasteiger partial charge on any atom is -0.478 e. The number of carbonyl (C=O) groups excluding carboxylic acids is 1. The molecule has 0 aromatic heterocycles. The molecular formula is C24H30N2O4. The highest BCUT2D eigenvalue weighted by molar-refractivity contribution is 5.89. The topological polar surface area (TPSA) is 70.1 Å². The van der Waals surface area contributed by atoms with E-state index in [0.717, 1.165) is 12.0 Å². The minimum atomic E-state index is -0.919. The van der Waals surface area contributed by atoms with E-state index in [1.54, 1.807) is 17.0 Å². The molecule has 2 aromatic rings. The highest BCUT2D eigenvalue weighted by Gasteiger charge is 2.32. The number of benzene rings is 2. The van der Waals surface area contributed by atoms with Crippen LogP contribution >= 0.6 is 0 Å². The fourth-order valence-electron chi connectivity index (χ4n) is 3.76. The molecule has 0 radical (unpaired) electrons. The number of rotatable bonds is 5. The molecule has 1 aliphatic heterocycles. The van der Waals surface area contributed by atoms with E-state index in [9.17, 15) is 14.7 Å². The average Bonchev–Trinajstić information content (AvgIpc) is 2.69. The summed E-state index contributed by atoms with van der Waals surface area (Å²) in [5.41, 5.74) is 1.76. The van der Waals surface area contributed by atoms with E-state index >= 15 is 0 Å². The number of aromatic carboxylic acids is 1. The van der Waals surface area contributed by atoms with Gasteiger partial charge < -0.3 is 14.7 Å². The van der Waals surface area contributed by atoms with Crippen molar-refractivity contribution in [3.63, 3.8) is 0 Å². The van der Waals surface area contributed by atoms with Gasteiger partial charge in [-0.15, -0.1) is 0 Å². The van der Waals surface area contributed by atoms with E-state index in [0.29, 0.717) is 31.7 Å². The van der Waals surface area contributed by atoms with Crippen molar-refractivity contribution in [2.24, 2.45) is 0 Å². The third-order valence-corrected chi connectivity index (χ3v) is 5.19. The molecule has 0 spiro atoms. The van der Waals surface area contributed by atoms with Crippen LogP contribution in [0.25, 0.3) is 0 Å². The fraction of sp³-hybridized carbons (Fsp3) is 0.417. The van der Waals surface area contributed by atoms with Gasteiger partial charge >= 0.3 is 12.1 Å². The Labute approximate surface area is 178 Å². The van der Waals surface area contributed by atoms with Crippen LogP contribution in [0.4, 0.5) is 4.79 Å². The fourth-order valence-corrected chi connectivity index (χ4v) is 3.76. The maximum atomic E-state index is 12.6. The van der Waals surface area contributed by atoms with Crippen molar-refractivity contribution in [3.8, 4) is 0 Å². The molecule has 0 saturated carbocycles. The summed E-state index contributed by atoms with van der Waals surface area (Å²) in [5, 5.41) is 9.53. The number of carbonyl (C=O) groups is 2. The summed E-state index contributed by atoms with van der Waals surface area (Å²) in [5.74, 6) is -0.919. The van der Waals surface area contributed by atoms with Gasteiger partial charge in [-0.2, -0.15) is 0 Å². The van der Waals surface area contributed by atoms with Crippen molar-refractivity contribution in [2.45, 2.75) is 45.4 Å². The van der Waals surface area contributed by atoms with Crippen LogP contribution in [0.3, 0.4) is 0 Å². The molecule has 1 heterocycles. The van der Waals surface area contributed by atoms with Crippen LogP contribution < -0.4 is 0 Å². The summed E-state index contributed by atoms with van der Waals surface area (Å²) in [7, 11) is 0. The zero-order chi connectivity index (χ0) is 21.7. The van der Waals surface area contributed by atoms with E-state index < -0.39 is 11.6 Å². The largest absolute Gasteiger partial charge is 0.478 e. The Morgan fingerprint density at radius 3 is 2.37 bits per heavy atom. The third-order valence-electron chi connectivity index (χ3n) is 5.19. The number of carboxylic acid groups (broad SMARTS) is 1.